The molecule has 2 aromatic carbocycles. The van der Waals surface area contributed by atoms with Crippen LogP contribution in [0.1, 0.15) is 93.3 Å². The molecule has 7 heterocycles. The van der Waals surface area contributed by atoms with E-state index in [4.69, 9.17) is 21.3 Å². The van der Waals surface area contributed by atoms with Crippen molar-refractivity contribution in [3.8, 4) is 0 Å². The molecule has 0 saturated carbocycles. The Morgan fingerprint density at radius 1 is 0.641 bits per heavy atom. The van der Waals surface area contributed by atoms with E-state index in [-0.39, 0.29) is 89.0 Å². The molecule has 2 aliphatic heterocycles. The number of ether oxygens (including phenoxy) is 4. The number of amides is 1. The number of aromatic nitrogens is 13. The number of nitrogens with two attached hydrogens (primary N) is 3. The molecule has 0 fully saturated rings. The summed E-state index contributed by atoms with van der Waals surface area (Å²) in [6, 6.07) is 7.47. The largest absolute Gasteiger partial charge is 0.465 e. The number of hydrogen-bond acceptors (Lipinski definition) is 32. The van der Waals surface area contributed by atoms with Crippen molar-refractivity contribution in [3.05, 3.63) is 87.6 Å². The molecule has 1 atom stereocenters. The van der Waals surface area contributed by atoms with Crippen molar-refractivity contribution in [2.24, 2.45) is 34.7 Å². The van der Waals surface area contributed by atoms with Crippen LogP contribution in [-0.4, -0.2) is 186 Å². The van der Waals surface area contributed by atoms with Gasteiger partial charge in [0.05, 0.1) is 50.3 Å². The Balaban J connectivity index is 0.000000280. The molecule has 1 amide bonds. The van der Waals surface area contributed by atoms with E-state index in [1.807, 2.05) is 27.7 Å². The molecule has 2 aliphatic rings. The average molecular weight is 1530 g/mol. The molecule has 0 radical (unpaired) electrons. The van der Waals surface area contributed by atoms with Crippen LogP contribution in [0.15, 0.2) is 81.1 Å². The van der Waals surface area contributed by atoms with Gasteiger partial charge < -0.3 is 41.0 Å². The van der Waals surface area contributed by atoms with E-state index in [1.165, 1.54) is 52.7 Å². The zero-order valence-corrected chi connectivity index (χ0v) is 61.4. The van der Waals surface area contributed by atoms with E-state index >= 15 is 0 Å². The standard InChI is InChI=1S/C18H21N7O6S2.C13H18N4O4.C10H16O6.C7H14N4.C7H11N3O4S2.C2H4N4/c1-10(2)6-7-24-16(26)14(17(27)25-18(24)19-9-20-25)15-21-12-5-4-11(22-32(3,28)29)8-13(12)33(30,31)23-15;1-4-21-12(20)9-10(18)16(6-5-8(2)3)13-14-7-15-17(13)11(9)19;1-4-14-8(11)7(9(12)15-5-2)10(13)16-6-3;1-6(2)3-4-8-7-9-5-10-11-7;1-15(11,12)10-5-2-3-6(8)7(4-5)16(9,13)14;3-2-4-1-5-6-2/h4-5,8-10,21-23H,6-7H2,1-3H3;7-9H,4-6H2,1-3H3;7H,4-6H2,1-3H3;5-6H,3-4H2,1-2H3,(H2,8,9,10,11);2-4,10H,8H2,1H3,(H2,9,13,14);1H,(H3,3,4,5,6). The monoisotopic (exact) mass is 1520 g/mol. The van der Waals surface area contributed by atoms with Crippen molar-refractivity contribution >= 4 is 128 Å². The van der Waals surface area contributed by atoms with Crippen molar-refractivity contribution in [1.29, 1.82) is 0 Å². The minimum atomic E-state index is -4.25. The number of carbonyl (C=O) groups excluding carboxylic acids is 6. The van der Waals surface area contributed by atoms with Crippen LogP contribution in [0.25, 0.3) is 11.6 Å². The summed E-state index contributed by atoms with van der Waals surface area (Å²) in [5, 5.41) is 30.4. The summed E-state index contributed by atoms with van der Waals surface area (Å²) in [6.45, 7) is 20.6. The van der Waals surface area contributed by atoms with E-state index in [9.17, 15) is 72.0 Å². The second kappa shape index (κ2) is 38.3. The first kappa shape index (κ1) is 84.7. The molecule has 0 spiro atoms. The number of carbonyl (C=O) groups is 6. The Labute approximate surface area is 591 Å². The first-order valence-corrected chi connectivity index (χ1v) is 38.0. The van der Waals surface area contributed by atoms with Gasteiger partial charge in [-0.05, 0) is 101 Å². The topological polar surface area (TPSA) is 600 Å². The minimum absolute atomic E-state index is 0.0384. The zero-order chi connectivity index (χ0) is 77.3. The Morgan fingerprint density at radius 2 is 1.17 bits per heavy atom. The summed E-state index contributed by atoms with van der Waals surface area (Å²) >= 11 is 0. The molecule has 46 heteroatoms. The van der Waals surface area contributed by atoms with Gasteiger partial charge in [-0.2, -0.15) is 39.6 Å². The fourth-order valence-electron chi connectivity index (χ4n) is 8.47. The van der Waals surface area contributed by atoms with Gasteiger partial charge in [0, 0.05) is 31.0 Å². The molecule has 42 nitrogen and oxygen atoms in total. The van der Waals surface area contributed by atoms with Crippen LogP contribution in [0, 0.1) is 29.6 Å². The highest BCUT2D eigenvalue weighted by Gasteiger charge is 2.46. The van der Waals surface area contributed by atoms with Crippen LogP contribution in [0.4, 0.5) is 40.6 Å². The number of aromatic amines is 2. The van der Waals surface area contributed by atoms with E-state index in [0.717, 1.165) is 71.4 Å². The van der Waals surface area contributed by atoms with Crippen LogP contribution < -0.4 is 62.6 Å². The van der Waals surface area contributed by atoms with Crippen LogP contribution in [0.3, 0.4) is 0 Å². The second-order valence-corrected chi connectivity index (χ2v) is 29.5. The smallest absolute Gasteiger partial charge is 0.331 e. The van der Waals surface area contributed by atoms with Gasteiger partial charge in [0.15, 0.2) is 0 Å². The first-order chi connectivity index (χ1) is 48.2. The number of sulfonamides is 4. The van der Waals surface area contributed by atoms with Gasteiger partial charge >= 0.3 is 23.9 Å². The summed E-state index contributed by atoms with van der Waals surface area (Å²) in [5.74, 6) is -5.76. The Hall–Kier alpha value is -10.7. The fourth-order valence-corrected chi connectivity index (χ4v) is 11.5. The number of hydrogen-bond donors (Lipinski definition) is 10. The Morgan fingerprint density at radius 3 is 1.67 bits per heavy atom. The number of esters is 4. The minimum Gasteiger partial charge on any atom is -0.465 e. The Kier molecular flexibility index (Phi) is 31.5. The molecule has 0 bridgehead atoms. The lowest BCUT2D eigenvalue weighted by Crippen LogP contribution is -2.53. The molecular weight excluding hydrogens is 1440 g/mol. The Bertz CT molecular complexity index is 4680. The van der Waals surface area contributed by atoms with Gasteiger partial charge in [-0.1, -0.05) is 41.5 Å². The maximum absolute atomic E-state index is 13.3. The molecule has 103 heavy (non-hydrogen) atoms. The van der Waals surface area contributed by atoms with E-state index in [1.54, 1.807) is 27.7 Å². The third-order valence-corrected chi connectivity index (χ3v) is 16.7. The van der Waals surface area contributed by atoms with Crippen molar-refractivity contribution in [2.75, 3.05) is 88.5 Å². The summed E-state index contributed by atoms with van der Waals surface area (Å²) in [4.78, 5) is 113. The van der Waals surface area contributed by atoms with Gasteiger partial charge in [0.2, 0.25) is 59.6 Å². The molecule has 1 unspecified atom stereocenters. The van der Waals surface area contributed by atoms with Crippen molar-refractivity contribution in [2.45, 2.75) is 105 Å². The van der Waals surface area contributed by atoms with Crippen molar-refractivity contribution < 1.29 is 81.4 Å². The SMILES string of the molecule is CC(C)CCNc1ncn[nH]1.CC(C)CCn1c(=O)c(=C2Nc3ccc(NS(C)(=O)=O)cc3S(=O)(=O)N2)c(=O)n2ncnc12.CCOC(=O)C(C(=O)OCC)C(=O)OCC.CCOC(=O)C1C(=O)N(CCC(C)C)c2ncnn2C1=O.CS(=O)(=O)Nc1ccc(N)c(S(N)(=O)=O)c1.Nc1ncn[nH]1. The zero-order valence-electron chi connectivity index (χ0n) is 58.1. The first-order valence-electron chi connectivity index (χ1n) is 31.1. The number of anilines is 7. The lowest BCUT2D eigenvalue weighted by Gasteiger charge is -2.29. The predicted octanol–water partition coefficient (Wildman–Crippen LogP) is -0.423. The normalized spacial score (nSPS) is 14.1. The van der Waals surface area contributed by atoms with Gasteiger partial charge in [-0.15, -0.1) is 0 Å². The van der Waals surface area contributed by atoms with Crippen LogP contribution in [0.2, 0.25) is 0 Å². The lowest BCUT2D eigenvalue weighted by molar-refractivity contribution is -0.172. The summed E-state index contributed by atoms with van der Waals surface area (Å²) < 4.78 is 121. The third kappa shape index (κ3) is 25.7. The highest BCUT2D eigenvalue weighted by Crippen LogP contribution is 2.30. The molecule has 9 rings (SSSR count). The number of nitrogens with zero attached hydrogens (tertiary/aromatic N) is 12. The maximum atomic E-state index is 13.3. The summed E-state index contributed by atoms with van der Waals surface area (Å²) in [5.41, 5.74) is 9.04. The van der Waals surface area contributed by atoms with Crippen molar-refractivity contribution in [1.82, 2.24) is 69.0 Å². The number of H-pyrrole nitrogens is 2. The van der Waals surface area contributed by atoms with Gasteiger partial charge in [-0.25, -0.2) is 59.0 Å². The van der Waals surface area contributed by atoms with E-state index in [2.05, 4.69) is 103 Å². The number of primary sulfonamides is 1. The predicted molar refractivity (Wildman–Crippen MR) is 372 cm³/mol. The number of aryl methyl sites for hydroxylation is 1. The van der Waals surface area contributed by atoms with Gasteiger partial charge in [0.1, 0.15) is 46.1 Å². The number of fused-ring (bicyclic) bond motifs is 3. The van der Waals surface area contributed by atoms with E-state index in [0.29, 0.717) is 24.8 Å². The third-order valence-electron chi connectivity index (χ3n) is 13.1. The lowest BCUT2D eigenvalue weighted by atomic mass is 10.0. The fraction of sp³-hybridized carbons (Fsp3) is 0.474. The average Bonchev–Trinajstić information content (AvgIpc) is 1.74. The summed E-state index contributed by atoms with van der Waals surface area (Å²) in [7, 11) is -15.3. The molecular formula is C57H84N22O20S4. The van der Waals surface area contributed by atoms with Crippen LogP contribution in [0.5, 0.6) is 0 Å². The summed E-state index contributed by atoms with van der Waals surface area (Å²) in [6.07, 6.45) is 9.56. The number of nitrogen functional groups attached to an aromatic ring is 2. The quantitative estimate of drug-likeness (QED) is 0.0168. The number of nitrogens with one attached hydrogen (secondary N) is 7. The highest BCUT2D eigenvalue weighted by atomic mass is 32.2. The molecule has 5 aromatic heterocycles. The molecule has 566 valence electrons. The molecule has 13 N–H and O–H groups in total. The van der Waals surface area contributed by atoms with Gasteiger partial charge in [0.25, 0.3) is 38.9 Å². The number of benzene rings is 2. The number of rotatable bonds is 23. The van der Waals surface area contributed by atoms with Gasteiger partial charge in [-0.3, -0.25) is 62.0 Å². The van der Waals surface area contributed by atoms with Crippen LogP contribution in [-0.2, 0) is 89.6 Å². The van der Waals surface area contributed by atoms with Crippen molar-refractivity contribution in [3.63, 3.8) is 0 Å². The van der Waals surface area contributed by atoms with Crippen LogP contribution >= 0.6 is 0 Å². The second-order valence-electron chi connectivity index (χ2n) is 22.8. The highest BCUT2D eigenvalue weighted by molar-refractivity contribution is 7.92. The molecule has 0 aliphatic carbocycles. The van der Waals surface area contributed by atoms with E-state index < -0.39 is 104 Å². The maximum Gasteiger partial charge on any atom is 0.331 e. The molecule has 0 saturated heterocycles. The molecule has 7 aromatic rings.